The minimum Gasteiger partial charge on any atom is -0.383 e. The van der Waals surface area contributed by atoms with E-state index >= 15 is 0 Å². The Bertz CT molecular complexity index is 118. The van der Waals surface area contributed by atoms with Crippen molar-refractivity contribution >= 4 is 5.91 Å². The van der Waals surface area contributed by atoms with Crippen LogP contribution in [0.15, 0.2) is 0 Å². The Morgan fingerprint density at radius 2 is 2.17 bits per heavy atom. The first kappa shape index (κ1) is 11.4. The van der Waals surface area contributed by atoms with E-state index in [4.69, 9.17) is 10.5 Å². The van der Waals surface area contributed by atoms with Crippen LogP contribution in [0.4, 0.5) is 0 Å². The van der Waals surface area contributed by atoms with Crippen molar-refractivity contribution in [2.45, 2.75) is 19.3 Å². The lowest BCUT2D eigenvalue weighted by Crippen LogP contribution is -2.20. The van der Waals surface area contributed by atoms with Crippen molar-refractivity contribution in [3.63, 3.8) is 0 Å². The van der Waals surface area contributed by atoms with E-state index < -0.39 is 0 Å². The number of hydrogen-bond acceptors (Lipinski definition) is 3. The number of unbranched alkanes of at least 4 members (excludes halogenated alkanes) is 1. The summed E-state index contributed by atoms with van der Waals surface area (Å²) in [4.78, 5) is 10.3. The van der Waals surface area contributed by atoms with Crippen molar-refractivity contribution < 1.29 is 9.53 Å². The average molecular weight is 174 g/mol. The molecule has 0 aromatic heterocycles. The molecule has 12 heavy (non-hydrogen) atoms. The number of methoxy groups -OCH3 is 1. The lowest BCUT2D eigenvalue weighted by molar-refractivity contribution is -0.118. The molecule has 0 aliphatic carbocycles. The predicted molar refractivity (Wildman–Crippen MR) is 47.8 cm³/mol. The largest absolute Gasteiger partial charge is 0.383 e. The van der Waals surface area contributed by atoms with Gasteiger partial charge in [-0.3, -0.25) is 4.79 Å². The Labute approximate surface area is 73.5 Å². The third kappa shape index (κ3) is 9.39. The maximum atomic E-state index is 10.3. The Hall–Kier alpha value is -0.610. The number of nitrogens with one attached hydrogen (secondary N) is 1. The lowest BCUT2D eigenvalue weighted by Gasteiger charge is -2.02. The molecule has 0 saturated heterocycles. The molecular formula is C8H18N2O2. The summed E-state index contributed by atoms with van der Waals surface area (Å²) < 4.78 is 4.85. The van der Waals surface area contributed by atoms with Gasteiger partial charge in [-0.1, -0.05) is 0 Å². The molecule has 0 aliphatic heterocycles. The molecule has 0 unspecified atom stereocenters. The number of hydrogen-bond donors (Lipinski definition) is 2. The number of carbonyl (C=O) groups is 1. The molecule has 0 saturated carbocycles. The van der Waals surface area contributed by atoms with Crippen molar-refractivity contribution in [2.24, 2.45) is 5.73 Å². The van der Waals surface area contributed by atoms with E-state index in [1.54, 1.807) is 7.11 Å². The van der Waals surface area contributed by atoms with E-state index in [2.05, 4.69) is 5.32 Å². The van der Waals surface area contributed by atoms with Gasteiger partial charge in [0.05, 0.1) is 6.61 Å². The Balaban J connectivity index is 2.86. The molecule has 4 heteroatoms. The van der Waals surface area contributed by atoms with E-state index in [9.17, 15) is 4.79 Å². The van der Waals surface area contributed by atoms with Crippen LogP contribution in [0.2, 0.25) is 0 Å². The smallest absolute Gasteiger partial charge is 0.217 e. The highest BCUT2D eigenvalue weighted by molar-refractivity contribution is 5.73. The zero-order chi connectivity index (χ0) is 9.23. The normalized spacial score (nSPS) is 10.1. The van der Waals surface area contributed by atoms with Crippen molar-refractivity contribution in [1.29, 1.82) is 0 Å². The summed E-state index contributed by atoms with van der Waals surface area (Å²) in [5.74, 6) is -0.216. The Morgan fingerprint density at radius 1 is 1.42 bits per heavy atom. The number of amides is 1. The van der Waals surface area contributed by atoms with Crippen LogP contribution in [0, 0.1) is 0 Å². The van der Waals surface area contributed by atoms with Gasteiger partial charge in [0, 0.05) is 20.1 Å². The van der Waals surface area contributed by atoms with Crippen LogP contribution >= 0.6 is 0 Å². The first-order valence-corrected chi connectivity index (χ1v) is 4.25. The number of carbonyl (C=O) groups excluding carboxylic acids is 1. The Morgan fingerprint density at radius 3 is 2.75 bits per heavy atom. The molecule has 3 N–H and O–H groups in total. The molecule has 0 aromatic carbocycles. The van der Waals surface area contributed by atoms with Crippen LogP contribution in [0.1, 0.15) is 19.3 Å². The van der Waals surface area contributed by atoms with Gasteiger partial charge in [-0.25, -0.2) is 0 Å². The molecular weight excluding hydrogens is 156 g/mol. The van der Waals surface area contributed by atoms with Crippen LogP contribution in [0.3, 0.4) is 0 Å². The molecule has 0 bridgehead atoms. The van der Waals surface area contributed by atoms with E-state index in [0.717, 1.165) is 32.5 Å². The highest BCUT2D eigenvalue weighted by atomic mass is 16.5. The van der Waals surface area contributed by atoms with Gasteiger partial charge in [0.15, 0.2) is 0 Å². The Kier molecular flexibility index (Phi) is 8.05. The van der Waals surface area contributed by atoms with Crippen LogP contribution in [0.25, 0.3) is 0 Å². The maximum absolute atomic E-state index is 10.3. The SMILES string of the molecule is COCCNCCCCC(N)=O. The summed E-state index contributed by atoms with van der Waals surface area (Å²) in [7, 11) is 1.68. The molecule has 0 aromatic rings. The fourth-order valence-corrected chi connectivity index (χ4v) is 0.848. The van der Waals surface area contributed by atoms with E-state index in [-0.39, 0.29) is 5.91 Å². The van der Waals surface area contributed by atoms with Crippen LogP contribution in [-0.4, -0.2) is 32.7 Å². The van der Waals surface area contributed by atoms with Crippen molar-refractivity contribution in [2.75, 3.05) is 26.8 Å². The van der Waals surface area contributed by atoms with E-state index in [1.165, 1.54) is 0 Å². The van der Waals surface area contributed by atoms with Crippen LogP contribution in [0.5, 0.6) is 0 Å². The maximum Gasteiger partial charge on any atom is 0.217 e. The fourth-order valence-electron chi connectivity index (χ4n) is 0.848. The lowest BCUT2D eigenvalue weighted by atomic mass is 10.2. The van der Waals surface area contributed by atoms with Gasteiger partial charge in [0.25, 0.3) is 0 Å². The number of rotatable bonds is 8. The highest BCUT2D eigenvalue weighted by Crippen LogP contribution is 1.91. The first-order chi connectivity index (χ1) is 5.77. The molecule has 0 aliphatic rings. The second-order valence-electron chi connectivity index (χ2n) is 2.67. The third-order valence-corrected chi connectivity index (χ3v) is 1.51. The quantitative estimate of drug-likeness (QED) is 0.504. The molecule has 0 rings (SSSR count). The zero-order valence-electron chi connectivity index (χ0n) is 7.64. The molecule has 0 spiro atoms. The van der Waals surface area contributed by atoms with Gasteiger partial charge in [-0.05, 0) is 19.4 Å². The first-order valence-electron chi connectivity index (χ1n) is 4.25. The zero-order valence-corrected chi connectivity index (χ0v) is 7.64. The summed E-state index contributed by atoms with van der Waals surface area (Å²) >= 11 is 0. The number of primary amides is 1. The topological polar surface area (TPSA) is 64.3 Å². The van der Waals surface area contributed by atoms with Gasteiger partial charge in [-0.2, -0.15) is 0 Å². The van der Waals surface area contributed by atoms with Gasteiger partial charge in [0.1, 0.15) is 0 Å². The summed E-state index contributed by atoms with van der Waals surface area (Å²) in [5, 5.41) is 3.18. The number of nitrogens with two attached hydrogens (primary N) is 1. The molecule has 0 radical (unpaired) electrons. The minimum atomic E-state index is -0.216. The summed E-state index contributed by atoms with van der Waals surface area (Å²) in [6, 6.07) is 0. The summed E-state index contributed by atoms with van der Waals surface area (Å²) in [6.45, 7) is 2.53. The summed E-state index contributed by atoms with van der Waals surface area (Å²) in [6.07, 6.45) is 2.36. The van der Waals surface area contributed by atoms with E-state index in [0.29, 0.717) is 6.42 Å². The second-order valence-corrected chi connectivity index (χ2v) is 2.67. The molecule has 0 atom stereocenters. The summed E-state index contributed by atoms with van der Waals surface area (Å²) in [5.41, 5.74) is 4.98. The van der Waals surface area contributed by atoms with E-state index in [1.807, 2.05) is 0 Å². The van der Waals surface area contributed by atoms with Crippen molar-refractivity contribution in [3.8, 4) is 0 Å². The monoisotopic (exact) mass is 174 g/mol. The molecule has 72 valence electrons. The fraction of sp³-hybridized carbons (Fsp3) is 0.875. The van der Waals surface area contributed by atoms with Crippen molar-refractivity contribution in [3.05, 3.63) is 0 Å². The molecule has 0 heterocycles. The third-order valence-electron chi connectivity index (χ3n) is 1.51. The standard InChI is InChI=1S/C8H18N2O2/c1-12-7-6-10-5-3-2-4-8(9)11/h10H,2-7H2,1H3,(H2,9,11). The highest BCUT2D eigenvalue weighted by Gasteiger charge is 1.93. The molecule has 0 fully saturated rings. The van der Waals surface area contributed by atoms with Crippen LogP contribution in [-0.2, 0) is 9.53 Å². The number of ether oxygens (including phenoxy) is 1. The van der Waals surface area contributed by atoms with Gasteiger partial charge >= 0.3 is 0 Å². The molecule has 4 nitrogen and oxygen atoms in total. The van der Waals surface area contributed by atoms with Gasteiger partial charge in [0.2, 0.25) is 5.91 Å². The van der Waals surface area contributed by atoms with Gasteiger partial charge in [-0.15, -0.1) is 0 Å². The van der Waals surface area contributed by atoms with Crippen molar-refractivity contribution in [1.82, 2.24) is 5.32 Å². The second kappa shape index (κ2) is 8.49. The van der Waals surface area contributed by atoms with Gasteiger partial charge < -0.3 is 15.8 Å². The average Bonchev–Trinajstić information content (AvgIpc) is 2.02. The predicted octanol–water partition coefficient (Wildman–Crippen LogP) is -0.122. The molecule has 1 amide bonds. The van der Waals surface area contributed by atoms with Crippen LogP contribution < -0.4 is 11.1 Å². The minimum absolute atomic E-state index is 0.216.